The van der Waals surface area contributed by atoms with Crippen LogP contribution in [0.2, 0.25) is 0 Å². The topological polar surface area (TPSA) is 79.3 Å². The van der Waals surface area contributed by atoms with Crippen LogP contribution < -0.4 is 15.5 Å². The summed E-state index contributed by atoms with van der Waals surface area (Å²) < 4.78 is 1.86. The predicted octanol–water partition coefficient (Wildman–Crippen LogP) is 2.63. The Balaban J connectivity index is 1.69. The summed E-state index contributed by atoms with van der Waals surface area (Å²) in [6, 6.07) is 7.16. The summed E-state index contributed by atoms with van der Waals surface area (Å²) >= 11 is 0. The van der Waals surface area contributed by atoms with Gasteiger partial charge in [0, 0.05) is 36.7 Å². The number of benzene rings is 1. The van der Waals surface area contributed by atoms with Crippen LogP contribution in [0.3, 0.4) is 0 Å². The highest BCUT2D eigenvalue weighted by molar-refractivity contribution is 6.05. The molecule has 0 radical (unpaired) electrons. The smallest absolute Gasteiger partial charge is 0.321 e. The van der Waals surface area contributed by atoms with Crippen LogP contribution in [-0.4, -0.2) is 34.8 Å². The van der Waals surface area contributed by atoms with Crippen LogP contribution in [0.25, 0.3) is 0 Å². The molecular weight excluding hydrogens is 318 g/mol. The second-order valence-corrected chi connectivity index (χ2v) is 6.60. The van der Waals surface area contributed by atoms with Crippen LogP contribution in [0.4, 0.5) is 16.2 Å². The zero-order valence-electron chi connectivity index (χ0n) is 14.7. The van der Waals surface area contributed by atoms with Gasteiger partial charge in [0.15, 0.2) is 0 Å². The molecule has 1 aromatic carbocycles. The standard InChI is InChI=1S/C18H23N5O2/c1-12(2)11-23-13(3)16(10-20-23)17(24)21-14-4-6-15(7-5-14)22-9-8-19-18(22)25/h4-7,10,12H,8-9,11H2,1-3H3,(H,19,25)(H,21,24). The molecule has 1 aromatic heterocycles. The van der Waals surface area contributed by atoms with Gasteiger partial charge >= 0.3 is 6.03 Å². The molecule has 1 fully saturated rings. The van der Waals surface area contributed by atoms with Crippen LogP contribution in [0.5, 0.6) is 0 Å². The summed E-state index contributed by atoms with van der Waals surface area (Å²) in [6.07, 6.45) is 1.61. The van der Waals surface area contributed by atoms with Crippen LogP contribution in [0.1, 0.15) is 29.9 Å². The van der Waals surface area contributed by atoms with Gasteiger partial charge in [-0.05, 0) is 37.1 Å². The summed E-state index contributed by atoms with van der Waals surface area (Å²) in [5, 5.41) is 9.95. The number of aromatic nitrogens is 2. The Bertz CT molecular complexity index is 779. The number of nitrogens with zero attached hydrogens (tertiary/aromatic N) is 3. The fraction of sp³-hybridized carbons (Fsp3) is 0.389. The number of rotatable bonds is 5. The van der Waals surface area contributed by atoms with E-state index in [0.717, 1.165) is 17.9 Å². The lowest BCUT2D eigenvalue weighted by Gasteiger charge is -2.14. The minimum absolute atomic E-state index is 0.0926. The third kappa shape index (κ3) is 3.65. The summed E-state index contributed by atoms with van der Waals surface area (Å²) in [6.45, 7) is 8.22. The summed E-state index contributed by atoms with van der Waals surface area (Å²) in [4.78, 5) is 25.8. The van der Waals surface area contributed by atoms with E-state index in [0.29, 0.717) is 30.3 Å². The third-order valence-corrected chi connectivity index (χ3v) is 4.18. The van der Waals surface area contributed by atoms with E-state index in [1.165, 1.54) is 0 Å². The summed E-state index contributed by atoms with van der Waals surface area (Å²) in [7, 11) is 0. The molecule has 25 heavy (non-hydrogen) atoms. The molecule has 0 atom stereocenters. The van der Waals surface area contributed by atoms with Gasteiger partial charge in [-0.3, -0.25) is 14.4 Å². The quantitative estimate of drug-likeness (QED) is 0.877. The molecule has 0 aliphatic carbocycles. The van der Waals surface area contributed by atoms with E-state index >= 15 is 0 Å². The molecule has 2 heterocycles. The van der Waals surface area contributed by atoms with E-state index < -0.39 is 0 Å². The van der Waals surface area contributed by atoms with Gasteiger partial charge in [0.1, 0.15) is 0 Å². The van der Waals surface area contributed by atoms with E-state index in [9.17, 15) is 9.59 Å². The maximum absolute atomic E-state index is 12.5. The Hall–Kier alpha value is -2.83. The van der Waals surface area contributed by atoms with Crippen molar-refractivity contribution in [2.24, 2.45) is 5.92 Å². The van der Waals surface area contributed by atoms with Gasteiger partial charge in [-0.1, -0.05) is 13.8 Å². The van der Waals surface area contributed by atoms with E-state index in [2.05, 4.69) is 29.6 Å². The first-order valence-corrected chi connectivity index (χ1v) is 8.45. The maximum Gasteiger partial charge on any atom is 0.321 e. The molecule has 1 saturated heterocycles. The molecule has 132 valence electrons. The molecule has 1 aliphatic heterocycles. The van der Waals surface area contributed by atoms with Gasteiger partial charge in [0.2, 0.25) is 0 Å². The highest BCUT2D eigenvalue weighted by Crippen LogP contribution is 2.20. The van der Waals surface area contributed by atoms with Crippen molar-refractivity contribution in [3.63, 3.8) is 0 Å². The number of anilines is 2. The van der Waals surface area contributed by atoms with Crippen LogP contribution >= 0.6 is 0 Å². The lowest BCUT2D eigenvalue weighted by Crippen LogP contribution is -2.27. The molecule has 1 aliphatic rings. The molecular formula is C18H23N5O2. The Morgan fingerprint density at radius 1 is 1.32 bits per heavy atom. The van der Waals surface area contributed by atoms with Gasteiger partial charge < -0.3 is 10.6 Å². The van der Waals surface area contributed by atoms with Gasteiger partial charge in [-0.15, -0.1) is 0 Å². The number of carbonyl (C=O) groups excluding carboxylic acids is 2. The minimum Gasteiger partial charge on any atom is -0.336 e. The summed E-state index contributed by atoms with van der Waals surface area (Å²) in [5.74, 6) is 0.281. The van der Waals surface area contributed by atoms with E-state index in [4.69, 9.17) is 0 Å². The summed E-state index contributed by atoms with van der Waals surface area (Å²) in [5.41, 5.74) is 2.93. The van der Waals surface area contributed by atoms with Crippen molar-refractivity contribution in [1.29, 1.82) is 0 Å². The second-order valence-electron chi connectivity index (χ2n) is 6.60. The van der Waals surface area contributed by atoms with Crippen molar-refractivity contribution >= 4 is 23.3 Å². The van der Waals surface area contributed by atoms with Crippen molar-refractivity contribution < 1.29 is 9.59 Å². The fourth-order valence-electron chi connectivity index (χ4n) is 2.84. The molecule has 0 saturated carbocycles. The first-order valence-electron chi connectivity index (χ1n) is 8.45. The molecule has 0 bridgehead atoms. The lowest BCUT2D eigenvalue weighted by atomic mass is 10.2. The Morgan fingerprint density at radius 2 is 2.04 bits per heavy atom. The average molecular weight is 341 g/mol. The maximum atomic E-state index is 12.5. The van der Waals surface area contributed by atoms with Crippen molar-refractivity contribution in [2.45, 2.75) is 27.3 Å². The monoisotopic (exact) mass is 341 g/mol. The van der Waals surface area contributed by atoms with Crippen molar-refractivity contribution in [1.82, 2.24) is 15.1 Å². The first-order chi connectivity index (χ1) is 12.0. The zero-order valence-corrected chi connectivity index (χ0v) is 14.7. The van der Waals surface area contributed by atoms with Crippen LogP contribution in [0.15, 0.2) is 30.5 Å². The normalized spacial score (nSPS) is 14.1. The van der Waals surface area contributed by atoms with Gasteiger partial charge in [0.05, 0.1) is 11.8 Å². The van der Waals surface area contributed by atoms with Gasteiger partial charge in [0.25, 0.3) is 5.91 Å². The minimum atomic E-state index is -0.181. The SMILES string of the molecule is Cc1c(C(=O)Nc2ccc(N3CCNC3=O)cc2)cnn1CC(C)C. The van der Waals surface area contributed by atoms with Gasteiger partial charge in [-0.2, -0.15) is 5.10 Å². The Kier molecular flexibility index (Phi) is 4.74. The van der Waals surface area contributed by atoms with E-state index in [1.54, 1.807) is 23.2 Å². The predicted molar refractivity (Wildman–Crippen MR) is 96.9 cm³/mol. The van der Waals surface area contributed by atoms with Gasteiger partial charge in [-0.25, -0.2) is 4.79 Å². The van der Waals surface area contributed by atoms with Crippen molar-refractivity contribution in [3.8, 4) is 0 Å². The van der Waals surface area contributed by atoms with Crippen LogP contribution in [-0.2, 0) is 6.54 Å². The fourth-order valence-corrected chi connectivity index (χ4v) is 2.84. The van der Waals surface area contributed by atoms with Crippen molar-refractivity contribution in [2.75, 3.05) is 23.3 Å². The van der Waals surface area contributed by atoms with Crippen LogP contribution in [0, 0.1) is 12.8 Å². The van der Waals surface area contributed by atoms with E-state index in [-0.39, 0.29) is 11.9 Å². The Labute approximate surface area is 147 Å². The molecule has 0 spiro atoms. The second kappa shape index (κ2) is 6.96. The van der Waals surface area contributed by atoms with Crippen molar-refractivity contribution in [3.05, 3.63) is 41.7 Å². The number of amides is 3. The number of hydrogen-bond acceptors (Lipinski definition) is 3. The van der Waals surface area contributed by atoms with E-state index in [1.807, 2.05) is 23.7 Å². The highest BCUT2D eigenvalue weighted by atomic mass is 16.2. The number of hydrogen-bond donors (Lipinski definition) is 2. The molecule has 3 amide bonds. The lowest BCUT2D eigenvalue weighted by molar-refractivity contribution is 0.102. The third-order valence-electron chi connectivity index (χ3n) is 4.18. The highest BCUT2D eigenvalue weighted by Gasteiger charge is 2.21. The average Bonchev–Trinajstić information content (AvgIpc) is 3.14. The molecule has 2 aromatic rings. The number of carbonyl (C=O) groups is 2. The molecule has 0 unspecified atom stereocenters. The molecule has 2 N–H and O–H groups in total. The molecule has 3 rings (SSSR count). The molecule has 7 nitrogen and oxygen atoms in total. The number of nitrogens with one attached hydrogen (secondary N) is 2. The molecule has 7 heteroatoms. The first kappa shape index (κ1) is 17.0. The zero-order chi connectivity index (χ0) is 18.0. The number of urea groups is 1. The largest absolute Gasteiger partial charge is 0.336 e. The Morgan fingerprint density at radius 3 is 2.64 bits per heavy atom.